The third-order valence-corrected chi connectivity index (χ3v) is 2.85. The van der Waals surface area contributed by atoms with E-state index in [1.54, 1.807) is 7.05 Å². The molecule has 1 atom stereocenters. The number of carbonyl (C=O) groups excluding carboxylic acids is 2. The van der Waals surface area contributed by atoms with E-state index >= 15 is 0 Å². The quantitative estimate of drug-likeness (QED) is 0.806. The van der Waals surface area contributed by atoms with Crippen LogP contribution in [0.3, 0.4) is 0 Å². The average Bonchev–Trinajstić information content (AvgIpc) is 2.39. The van der Waals surface area contributed by atoms with Crippen molar-refractivity contribution in [3.05, 3.63) is 34.2 Å². The molecule has 110 valence electrons. The van der Waals surface area contributed by atoms with Crippen molar-refractivity contribution >= 4 is 11.9 Å². The van der Waals surface area contributed by atoms with Gasteiger partial charge >= 0.3 is 5.97 Å². The van der Waals surface area contributed by atoms with Crippen molar-refractivity contribution in [2.45, 2.75) is 26.3 Å². The van der Waals surface area contributed by atoms with Crippen molar-refractivity contribution in [3.63, 3.8) is 0 Å². The lowest BCUT2D eigenvalue weighted by Gasteiger charge is -2.18. The van der Waals surface area contributed by atoms with Gasteiger partial charge in [-0.2, -0.15) is 0 Å². The molecule has 0 aliphatic carbocycles. The SMILES string of the molecule is COC(=O)[C@H](CC(C)C)NC(=O)c1ccc(=O)n(C)c1. The van der Waals surface area contributed by atoms with Crippen LogP contribution in [0.15, 0.2) is 23.1 Å². The number of hydrogen-bond donors (Lipinski definition) is 1. The minimum absolute atomic E-state index is 0.201. The van der Waals surface area contributed by atoms with Crippen LogP contribution in [0, 0.1) is 5.92 Å². The highest BCUT2D eigenvalue weighted by Gasteiger charge is 2.23. The zero-order valence-corrected chi connectivity index (χ0v) is 12.2. The van der Waals surface area contributed by atoms with E-state index in [-0.39, 0.29) is 11.5 Å². The van der Waals surface area contributed by atoms with Crippen LogP contribution in [0.5, 0.6) is 0 Å². The highest BCUT2D eigenvalue weighted by atomic mass is 16.5. The molecule has 1 amide bonds. The first-order valence-corrected chi connectivity index (χ1v) is 6.40. The molecule has 0 radical (unpaired) electrons. The number of nitrogens with one attached hydrogen (secondary N) is 1. The number of pyridine rings is 1. The summed E-state index contributed by atoms with van der Waals surface area (Å²) in [7, 11) is 2.85. The second-order valence-electron chi connectivity index (χ2n) is 5.05. The van der Waals surface area contributed by atoms with Gasteiger partial charge < -0.3 is 14.6 Å². The molecule has 0 saturated carbocycles. The zero-order chi connectivity index (χ0) is 15.3. The summed E-state index contributed by atoms with van der Waals surface area (Å²) in [6.07, 6.45) is 1.92. The third-order valence-electron chi connectivity index (χ3n) is 2.85. The van der Waals surface area contributed by atoms with Gasteiger partial charge in [0.1, 0.15) is 6.04 Å². The summed E-state index contributed by atoms with van der Waals surface area (Å²) in [5.41, 5.74) is 0.123. The molecule has 0 aromatic carbocycles. The first-order chi connectivity index (χ1) is 9.35. The monoisotopic (exact) mass is 280 g/mol. The number of nitrogens with zero attached hydrogens (tertiary/aromatic N) is 1. The summed E-state index contributed by atoms with van der Waals surface area (Å²) in [5.74, 6) is -0.645. The molecule has 1 rings (SSSR count). The summed E-state index contributed by atoms with van der Waals surface area (Å²) in [4.78, 5) is 35.0. The zero-order valence-electron chi connectivity index (χ0n) is 12.2. The van der Waals surface area contributed by atoms with Gasteiger partial charge in [-0.15, -0.1) is 0 Å². The van der Waals surface area contributed by atoms with Gasteiger partial charge in [-0.05, 0) is 18.4 Å². The number of esters is 1. The van der Waals surface area contributed by atoms with Gasteiger partial charge in [0.25, 0.3) is 5.91 Å². The Kier molecular flexibility index (Phi) is 5.49. The lowest BCUT2D eigenvalue weighted by Crippen LogP contribution is -2.42. The van der Waals surface area contributed by atoms with Crippen molar-refractivity contribution in [2.24, 2.45) is 13.0 Å². The number of hydrogen-bond acceptors (Lipinski definition) is 4. The summed E-state index contributed by atoms with van der Waals surface area (Å²) in [6.45, 7) is 3.91. The Morgan fingerprint density at radius 1 is 1.35 bits per heavy atom. The Bertz CT molecular complexity index is 548. The molecule has 1 aromatic rings. The summed E-state index contributed by atoms with van der Waals surface area (Å²) in [5, 5.41) is 2.63. The van der Waals surface area contributed by atoms with Crippen LogP contribution in [0.4, 0.5) is 0 Å². The lowest BCUT2D eigenvalue weighted by molar-refractivity contribution is -0.143. The maximum absolute atomic E-state index is 12.1. The molecule has 1 aromatic heterocycles. The highest BCUT2D eigenvalue weighted by molar-refractivity contribution is 5.96. The maximum atomic E-state index is 12.1. The Hall–Kier alpha value is -2.11. The minimum atomic E-state index is -0.690. The molecule has 6 heteroatoms. The molecule has 20 heavy (non-hydrogen) atoms. The van der Waals surface area contributed by atoms with Crippen LogP contribution in [0.2, 0.25) is 0 Å². The van der Waals surface area contributed by atoms with Crippen LogP contribution < -0.4 is 10.9 Å². The Morgan fingerprint density at radius 3 is 2.50 bits per heavy atom. The Labute approximate surface area is 117 Å². The van der Waals surface area contributed by atoms with Gasteiger partial charge in [0, 0.05) is 19.3 Å². The molecule has 0 bridgehead atoms. The van der Waals surface area contributed by atoms with Crippen LogP contribution in [-0.4, -0.2) is 29.6 Å². The van der Waals surface area contributed by atoms with E-state index in [9.17, 15) is 14.4 Å². The first kappa shape index (κ1) is 15.9. The number of aryl methyl sites for hydroxylation is 1. The highest BCUT2D eigenvalue weighted by Crippen LogP contribution is 2.07. The van der Waals surface area contributed by atoms with Crippen molar-refractivity contribution in [1.82, 2.24) is 9.88 Å². The summed E-state index contributed by atoms with van der Waals surface area (Å²) >= 11 is 0. The van der Waals surface area contributed by atoms with Crippen LogP contribution in [0.1, 0.15) is 30.6 Å². The van der Waals surface area contributed by atoms with E-state index in [4.69, 9.17) is 0 Å². The first-order valence-electron chi connectivity index (χ1n) is 6.40. The standard InChI is InChI=1S/C14H20N2O4/c1-9(2)7-11(14(19)20-4)15-13(18)10-5-6-12(17)16(3)8-10/h5-6,8-9,11H,7H2,1-4H3,(H,15,18)/t11-/m0/s1. The van der Waals surface area contributed by atoms with Gasteiger partial charge in [0.05, 0.1) is 12.7 Å². The molecule has 1 N–H and O–H groups in total. The molecule has 1 heterocycles. The third kappa shape index (κ3) is 4.22. The van der Waals surface area contributed by atoms with Gasteiger partial charge in [0.15, 0.2) is 0 Å². The number of rotatable bonds is 5. The topological polar surface area (TPSA) is 77.4 Å². The minimum Gasteiger partial charge on any atom is -0.467 e. The van der Waals surface area contributed by atoms with Gasteiger partial charge in [-0.3, -0.25) is 9.59 Å². The maximum Gasteiger partial charge on any atom is 0.328 e. The second-order valence-corrected chi connectivity index (χ2v) is 5.05. The largest absolute Gasteiger partial charge is 0.467 e. The predicted octanol–water partition coefficient (Wildman–Crippen LogP) is 0.703. The lowest BCUT2D eigenvalue weighted by atomic mass is 10.0. The van der Waals surface area contributed by atoms with E-state index in [2.05, 4.69) is 10.1 Å². The average molecular weight is 280 g/mol. The normalized spacial score (nSPS) is 12.1. The molecule has 0 spiro atoms. The molecule has 0 fully saturated rings. The number of carbonyl (C=O) groups is 2. The fraction of sp³-hybridized carbons (Fsp3) is 0.500. The molecule has 0 saturated heterocycles. The summed E-state index contributed by atoms with van der Waals surface area (Å²) in [6, 6.07) is 2.05. The van der Waals surface area contributed by atoms with Gasteiger partial charge in [0.2, 0.25) is 5.56 Å². The van der Waals surface area contributed by atoms with Crippen LogP contribution in [-0.2, 0) is 16.6 Å². The van der Waals surface area contributed by atoms with Crippen LogP contribution >= 0.6 is 0 Å². The molecular formula is C14H20N2O4. The smallest absolute Gasteiger partial charge is 0.328 e. The van der Waals surface area contributed by atoms with E-state index < -0.39 is 17.9 Å². The second kappa shape index (κ2) is 6.88. The molecule has 6 nitrogen and oxygen atoms in total. The van der Waals surface area contributed by atoms with E-state index in [1.807, 2.05) is 13.8 Å². The number of aromatic nitrogens is 1. The van der Waals surface area contributed by atoms with Crippen molar-refractivity contribution in [3.8, 4) is 0 Å². The fourth-order valence-corrected chi connectivity index (χ4v) is 1.80. The van der Waals surface area contributed by atoms with Gasteiger partial charge in [-0.1, -0.05) is 13.8 Å². The van der Waals surface area contributed by atoms with Crippen molar-refractivity contribution < 1.29 is 14.3 Å². The molecule has 0 aliphatic rings. The van der Waals surface area contributed by atoms with Gasteiger partial charge in [-0.25, -0.2) is 4.79 Å². The molecular weight excluding hydrogens is 260 g/mol. The number of amides is 1. The van der Waals surface area contributed by atoms with Crippen LogP contribution in [0.25, 0.3) is 0 Å². The van der Waals surface area contributed by atoms with E-state index in [0.717, 1.165) is 0 Å². The number of methoxy groups -OCH3 is 1. The molecule has 0 unspecified atom stereocenters. The van der Waals surface area contributed by atoms with Crippen molar-refractivity contribution in [1.29, 1.82) is 0 Å². The Balaban J connectivity index is 2.86. The molecule has 0 aliphatic heterocycles. The van der Waals surface area contributed by atoms with Crippen molar-refractivity contribution in [2.75, 3.05) is 7.11 Å². The number of ether oxygens (including phenoxy) is 1. The van der Waals surface area contributed by atoms with E-state index in [0.29, 0.717) is 12.0 Å². The predicted molar refractivity (Wildman–Crippen MR) is 74.4 cm³/mol. The van der Waals surface area contributed by atoms with E-state index in [1.165, 1.54) is 30.0 Å². The Morgan fingerprint density at radius 2 is 2.00 bits per heavy atom. The summed E-state index contributed by atoms with van der Waals surface area (Å²) < 4.78 is 5.99. The fourth-order valence-electron chi connectivity index (χ4n) is 1.80.